The molecule has 3 N–H and O–H groups in total. The fourth-order valence-electron chi connectivity index (χ4n) is 1.69. The Kier molecular flexibility index (Phi) is 3.40. The van der Waals surface area contributed by atoms with Crippen molar-refractivity contribution in [3.63, 3.8) is 0 Å². The van der Waals surface area contributed by atoms with Gasteiger partial charge in [0.25, 0.3) is 0 Å². The highest BCUT2D eigenvalue weighted by Crippen LogP contribution is 2.21. The van der Waals surface area contributed by atoms with E-state index in [2.05, 4.69) is 4.98 Å². The molecule has 0 amide bonds. The van der Waals surface area contributed by atoms with E-state index in [0.717, 1.165) is 12.1 Å². The first-order valence-electron chi connectivity index (χ1n) is 5.39. The van der Waals surface area contributed by atoms with Crippen LogP contribution in [0.4, 0.5) is 8.78 Å². The van der Waals surface area contributed by atoms with E-state index in [4.69, 9.17) is 10.8 Å². The Bertz CT molecular complexity index is 568. The minimum atomic E-state index is -0.698. The van der Waals surface area contributed by atoms with Gasteiger partial charge in [-0.2, -0.15) is 0 Å². The highest BCUT2D eigenvalue weighted by Gasteiger charge is 2.15. The molecule has 0 bridgehead atoms. The molecule has 1 heterocycles. The van der Waals surface area contributed by atoms with Gasteiger partial charge >= 0.3 is 0 Å². The number of aliphatic hydroxyl groups excluding tert-OH is 1. The van der Waals surface area contributed by atoms with Crippen molar-refractivity contribution in [1.82, 2.24) is 9.55 Å². The van der Waals surface area contributed by atoms with Gasteiger partial charge in [-0.15, -0.1) is 0 Å². The maximum Gasteiger partial charge on any atom is 0.147 e. The topological polar surface area (TPSA) is 64.1 Å². The Morgan fingerprint density at radius 1 is 1.39 bits per heavy atom. The van der Waals surface area contributed by atoms with Gasteiger partial charge in [0.1, 0.15) is 11.6 Å². The number of nitrogens with two attached hydrogens (primary N) is 1. The zero-order valence-electron chi connectivity index (χ0n) is 9.77. The first-order valence-corrected chi connectivity index (χ1v) is 5.39. The molecule has 1 atom stereocenters. The summed E-state index contributed by atoms with van der Waals surface area (Å²) in [7, 11) is 0. The lowest BCUT2D eigenvalue weighted by Gasteiger charge is -2.13. The monoisotopic (exact) mass is 253 g/mol. The molecule has 0 saturated heterocycles. The van der Waals surface area contributed by atoms with Crippen molar-refractivity contribution in [2.24, 2.45) is 5.73 Å². The molecule has 1 aromatic heterocycles. The smallest absolute Gasteiger partial charge is 0.147 e. The van der Waals surface area contributed by atoms with Crippen LogP contribution >= 0.6 is 0 Å². The second-order valence-electron chi connectivity index (χ2n) is 4.03. The van der Waals surface area contributed by atoms with Crippen molar-refractivity contribution < 1.29 is 13.9 Å². The van der Waals surface area contributed by atoms with E-state index >= 15 is 0 Å². The van der Waals surface area contributed by atoms with Gasteiger partial charge in [-0.05, 0) is 18.6 Å². The largest absolute Gasteiger partial charge is 0.394 e. The van der Waals surface area contributed by atoms with Gasteiger partial charge in [0.05, 0.1) is 36.6 Å². The van der Waals surface area contributed by atoms with Crippen LogP contribution in [0.3, 0.4) is 0 Å². The van der Waals surface area contributed by atoms with Crippen molar-refractivity contribution >= 4 is 0 Å². The average Bonchev–Trinajstić information content (AvgIpc) is 2.81. The molecular weight excluding hydrogens is 240 g/mol. The van der Waals surface area contributed by atoms with Gasteiger partial charge in [0.2, 0.25) is 0 Å². The van der Waals surface area contributed by atoms with Gasteiger partial charge < -0.3 is 10.8 Å². The molecule has 0 aliphatic rings. The number of hydrogen-bond acceptors (Lipinski definition) is 3. The average molecular weight is 253 g/mol. The predicted octanol–water partition coefficient (Wildman–Crippen LogP) is 1.45. The first kappa shape index (κ1) is 12.7. The number of nitrogens with zero attached hydrogens (tertiary/aromatic N) is 2. The number of imidazole rings is 1. The number of halogens is 2. The van der Waals surface area contributed by atoms with E-state index in [1.165, 1.54) is 24.0 Å². The van der Waals surface area contributed by atoms with E-state index in [1.54, 1.807) is 0 Å². The lowest BCUT2D eigenvalue weighted by atomic mass is 10.2. The number of aryl methyl sites for hydroxylation is 1. The van der Waals surface area contributed by atoms with Gasteiger partial charge in [0, 0.05) is 6.07 Å². The minimum absolute atomic E-state index is 0.0227. The molecule has 2 rings (SSSR count). The summed E-state index contributed by atoms with van der Waals surface area (Å²) >= 11 is 0. The third-order valence-electron chi connectivity index (χ3n) is 2.73. The van der Waals surface area contributed by atoms with Crippen molar-refractivity contribution in [3.8, 4) is 5.69 Å². The SMILES string of the molecule is Cc1cc(F)c(-n2cncc2C(N)CO)cc1F. The van der Waals surface area contributed by atoms with Crippen molar-refractivity contribution in [2.75, 3.05) is 6.61 Å². The molecular formula is C12H13F2N3O. The maximum absolute atomic E-state index is 13.8. The second-order valence-corrected chi connectivity index (χ2v) is 4.03. The summed E-state index contributed by atoms with van der Waals surface area (Å²) in [6, 6.07) is 1.50. The first-order chi connectivity index (χ1) is 8.54. The van der Waals surface area contributed by atoms with E-state index in [0.29, 0.717) is 5.69 Å². The van der Waals surface area contributed by atoms with Crippen LogP contribution in [0, 0.1) is 18.6 Å². The summed E-state index contributed by atoms with van der Waals surface area (Å²) in [5.74, 6) is -1.08. The lowest BCUT2D eigenvalue weighted by molar-refractivity contribution is 0.265. The number of benzene rings is 1. The van der Waals surface area contributed by atoms with E-state index in [-0.39, 0.29) is 17.9 Å². The van der Waals surface area contributed by atoms with Gasteiger partial charge in [-0.1, -0.05) is 0 Å². The highest BCUT2D eigenvalue weighted by atomic mass is 19.1. The summed E-state index contributed by atoms with van der Waals surface area (Å²) < 4.78 is 28.6. The van der Waals surface area contributed by atoms with Crippen molar-refractivity contribution in [3.05, 3.63) is 47.5 Å². The third-order valence-corrected chi connectivity index (χ3v) is 2.73. The molecule has 1 aromatic carbocycles. The predicted molar refractivity (Wildman–Crippen MR) is 62.2 cm³/mol. The van der Waals surface area contributed by atoms with Crippen molar-refractivity contribution in [2.45, 2.75) is 13.0 Å². The molecule has 0 radical (unpaired) electrons. The molecule has 0 spiro atoms. The summed E-state index contributed by atoms with van der Waals surface area (Å²) in [5.41, 5.74) is 6.33. The number of aliphatic hydroxyl groups is 1. The Hall–Kier alpha value is -1.79. The lowest BCUT2D eigenvalue weighted by Crippen LogP contribution is -2.18. The molecule has 2 aromatic rings. The van der Waals surface area contributed by atoms with Gasteiger partial charge in [-0.25, -0.2) is 13.8 Å². The Labute approximate surface area is 103 Å². The van der Waals surface area contributed by atoms with E-state index < -0.39 is 17.7 Å². The summed E-state index contributed by atoms with van der Waals surface area (Å²) in [5, 5.41) is 9.01. The Morgan fingerprint density at radius 3 is 2.78 bits per heavy atom. The van der Waals surface area contributed by atoms with Crippen LogP contribution in [-0.2, 0) is 0 Å². The van der Waals surface area contributed by atoms with Crippen molar-refractivity contribution in [1.29, 1.82) is 0 Å². The number of hydrogen-bond donors (Lipinski definition) is 2. The molecule has 4 nitrogen and oxygen atoms in total. The van der Waals surface area contributed by atoms with Crippen LogP contribution in [0.2, 0.25) is 0 Å². The zero-order valence-corrected chi connectivity index (χ0v) is 9.77. The number of aromatic nitrogens is 2. The Balaban J connectivity index is 2.56. The molecule has 0 saturated carbocycles. The summed E-state index contributed by atoms with van der Waals surface area (Å²) in [6.07, 6.45) is 2.75. The zero-order chi connectivity index (χ0) is 13.3. The van der Waals surface area contributed by atoms with E-state index in [9.17, 15) is 8.78 Å². The molecule has 1 unspecified atom stereocenters. The van der Waals surface area contributed by atoms with Crippen LogP contribution in [0.1, 0.15) is 17.3 Å². The maximum atomic E-state index is 13.8. The quantitative estimate of drug-likeness (QED) is 0.870. The van der Waals surface area contributed by atoms with Crippen LogP contribution in [-0.4, -0.2) is 21.3 Å². The summed E-state index contributed by atoms with van der Waals surface area (Å²) in [6.45, 7) is 1.18. The normalized spacial score (nSPS) is 12.7. The fraction of sp³-hybridized carbons (Fsp3) is 0.250. The van der Waals surface area contributed by atoms with Crippen LogP contribution in [0.15, 0.2) is 24.7 Å². The summed E-state index contributed by atoms with van der Waals surface area (Å²) in [4.78, 5) is 3.84. The third kappa shape index (κ3) is 2.12. The second kappa shape index (κ2) is 4.83. The Morgan fingerprint density at radius 2 is 2.11 bits per heavy atom. The van der Waals surface area contributed by atoms with E-state index in [1.807, 2.05) is 0 Å². The molecule has 18 heavy (non-hydrogen) atoms. The number of rotatable bonds is 3. The molecule has 96 valence electrons. The molecule has 0 fully saturated rings. The van der Waals surface area contributed by atoms with Gasteiger partial charge in [-0.3, -0.25) is 4.57 Å². The molecule has 0 aliphatic carbocycles. The molecule has 6 heteroatoms. The fourth-order valence-corrected chi connectivity index (χ4v) is 1.69. The molecule has 0 aliphatic heterocycles. The van der Waals surface area contributed by atoms with Gasteiger partial charge in [0.15, 0.2) is 0 Å². The van der Waals surface area contributed by atoms with Crippen LogP contribution in [0.25, 0.3) is 5.69 Å². The van der Waals surface area contributed by atoms with Crippen LogP contribution in [0.5, 0.6) is 0 Å². The van der Waals surface area contributed by atoms with Crippen LogP contribution < -0.4 is 5.73 Å². The standard InChI is InChI=1S/C12H13F2N3O/c1-7-2-9(14)11(3-8(7)13)17-6-16-4-12(17)10(15)5-18/h2-4,6,10,18H,5,15H2,1H3. The minimum Gasteiger partial charge on any atom is -0.394 e. The highest BCUT2D eigenvalue weighted by molar-refractivity contribution is 5.39.